The van der Waals surface area contributed by atoms with Gasteiger partial charge < -0.3 is 85.6 Å². The number of unbranched alkanes of at least 4 members (excludes halogenated alkanes) is 18. The van der Waals surface area contributed by atoms with Crippen LogP contribution in [0.15, 0.2) is 188 Å². The van der Waals surface area contributed by atoms with Gasteiger partial charge in [-0.15, -0.1) is 0 Å². The summed E-state index contributed by atoms with van der Waals surface area (Å²) in [6.07, 6.45) is 40.4. The normalized spacial score (nSPS) is 11.3. The molecule has 0 atom stereocenters. The van der Waals surface area contributed by atoms with Crippen LogP contribution in [0.25, 0.3) is 24.3 Å². The van der Waals surface area contributed by atoms with Crippen LogP contribution < -0.4 is 75.8 Å². The van der Waals surface area contributed by atoms with Gasteiger partial charge in [0.15, 0.2) is 0 Å². The quantitative estimate of drug-likeness (QED) is 0.0281. The van der Waals surface area contributed by atoms with Crippen molar-refractivity contribution < 1.29 is 85.6 Å². The Labute approximate surface area is 832 Å². The third-order valence-corrected chi connectivity index (χ3v) is 23.0. The predicted octanol–water partition coefficient (Wildman–Crippen LogP) is 31.6. The summed E-state index contributed by atoms with van der Waals surface area (Å²) in [7, 11) is 0. The predicted molar refractivity (Wildman–Crippen MR) is 564 cm³/mol. The van der Waals surface area contributed by atoms with Crippen molar-refractivity contribution in [2.24, 2.45) is 0 Å². The monoisotopic (exact) mass is 1900 g/mol. The van der Waals surface area contributed by atoms with Crippen LogP contribution >= 0.6 is 0 Å². The van der Waals surface area contributed by atoms with E-state index in [-0.39, 0.29) is 52.9 Å². The largest absolute Gasteiger partial charge is 0.493 e. The van der Waals surface area contributed by atoms with Crippen molar-refractivity contribution in [3.8, 4) is 92.0 Å². The van der Waals surface area contributed by atoms with E-state index in [2.05, 4.69) is 130 Å². The maximum atomic E-state index is 9.84. The second-order valence-electron chi connectivity index (χ2n) is 36.0. The lowest BCUT2D eigenvalue weighted by atomic mass is 10.0. The Morgan fingerprint density at radius 1 is 0.173 bits per heavy atom. The molecule has 0 fully saturated rings. The van der Waals surface area contributed by atoms with E-state index in [0.29, 0.717) is 107 Å². The van der Waals surface area contributed by atoms with E-state index in [1.807, 2.05) is 152 Å². The fraction of sp³-hybridized carbons (Fsp3) is 0.471. The Kier molecular flexibility index (Phi) is 51.4. The van der Waals surface area contributed by atoms with Gasteiger partial charge in [-0.3, -0.25) is 0 Å². The van der Waals surface area contributed by atoms with Crippen molar-refractivity contribution in [1.29, 1.82) is 0 Å². The highest BCUT2D eigenvalue weighted by Crippen LogP contribution is 2.38. The number of hydrogen-bond donors (Lipinski definition) is 1. The van der Waals surface area contributed by atoms with E-state index in [9.17, 15) is 5.11 Å². The first-order valence-corrected chi connectivity index (χ1v) is 52.3. The summed E-state index contributed by atoms with van der Waals surface area (Å²) in [6.45, 7) is 28.8. The zero-order valence-corrected chi connectivity index (χ0v) is 85.3. The van der Waals surface area contributed by atoms with Crippen LogP contribution in [0.1, 0.15) is 321 Å². The number of hydrogen-bond acceptors (Lipinski definition) is 18. The first-order valence-electron chi connectivity index (χ1n) is 52.3. The molecule has 18 nitrogen and oxygen atoms in total. The van der Waals surface area contributed by atoms with Gasteiger partial charge in [0.1, 0.15) is 132 Å². The Morgan fingerprint density at radius 2 is 0.374 bits per heavy atom. The molecule has 0 saturated heterocycles. The number of aliphatic hydroxyl groups excluding tert-OH is 1. The van der Waals surface area contributed by atoms with Crippen LogP contribution in [0.5, 0.6) is 92.0 Å². The van der Waals surface area contributed by atoms with Gasteiger partial charge in [-0.2, -0.15) is 0 Å². The Balaban J connectivity index is 0.949. The van der Waals surface area contributed by atoms with Gasteiger partial charge in [-0.05, 0) is 222 Å². The molecule has 0 aliphatic carbocycles. The van der Waals surface area contributed by atoms with Crippen molar-refractivity contribution in [3.05, 3.63) is 260 Å². The molecule has 0 aromatic heterocycles. The lowest BCUT2D eigenvalue weighted by Gasteiger charge is -2.17. The second kappa shape index (κ2) is 65.4. The van der Waals surface area contributed by atoms with Crippen LogP contribution in [0.3, 0.4) is 0 Å². The van der Waals surface area contributed by atoms with Gasteiger partial charge in [-0.1, -0.05) is 258 Å². The van der Waals surface area contributed by atoms with E-state index in [4.69, 9.17) is 80.5 Å². The first kappa shape index (κ1) is 109. The number of ether oxygens (including phenoxy) is 17. The maximum Gasteiger partial charge on any atom is 0.127 e. The average Bonchev–Trinajstić information content (AvgIpc) is 0.807. The highest BCUT2D eigenvalue weighted by molar-refractivity contribution is 5.79. The number of rotatable bonds is 75. The smallest absolute Gasteiger partial charge is 0.127 e. The van der Waals surface area contributed by atoms with Crippen molar-refractivity contribution >= 4 is 24.3 Å². The van der Waals surface area contributed by atoms with E-state index < -0.39 is 0 Å². The van der Waals surface area contributed by atoms with E-state index >= 15 is 0 Å². The molecular weight excluding hydrogens is 1740 g/mol. The lowest BCUT2D eigenvalue weighted by Crippen LogP contribution is -2.04. The topological polar surface area (TPSA) is 177 Å². The molecule has 10 aromatic carbocycles. The zero-order chi connectivity index (χ0) is 97.7. The summed E-state index contributed by atoms with van der Waals surface area (Å²) >= 11 is 0. The molecule has 0 amide bonds. The van der Waals surface area contributed by atoms with Gasteiger partial charge >= 0.3 is 0 Å². The molecule has 139 heavy (non-hydrogen) atoms. The summed E-state index contributed by atoms with van der Waals surface area (Å²) in [5.41, 5.74) is 11.8. The molecule has 0 aliphatic heterocycles. The maximum absolute atomic E-state index is 9.84. The van der Waals surface area contributed by atoms with E-state index in [1.54, 1.807) is 0 Å². The zero-order valence-electron chi connectivity index (χ0n) is 85.3. The molecule has 0 radical (unpaired) electrons. The average molecular weight is 1900 g/mol. The Bertz CT molecular complexity index is 4670. The van der Waals surface area contributed by atoms with E-state index in [0.717, 1.165) is 207 Å². The van der Waals surface area contributed by atoms with Crippen molar-refractivity contribution in [3.63, 3.8) is 0 Å². The van der Waals surface area contributed by atoms with Gasteiger partial charge in [0.05, 0.1) is 85.9 Å². The van der Waals surface area contributed by atoms with Crippen LogP contribution in [-0.4, -0.2) is 71.2 Å². The third-order valence-electron chi connectivity index (χ3n) is 23.0. The number of benzene rings is 10. The minimum absolute atomic E-state index is 0.000164. The summed E-state index contributed by atoms with van der Waals surface area (Å²) < 4.78 is 110. The summed E-state index contributed by atoms with van der Waals surface area (Å²) in [5.74, 6) is 10.8. The first-order chi connectivity index (χ1) is 68.3. The van der Waals surface area contributed by atoms with Crippen LogP contribution in [0, 0.1) is 0 Å². The minimum Gasteiger partial charge on any atom is -0.493 e. The standard InChI is InChI=1S/C121H160O18/c1-11-21-23-25-27-29-31-33-35-37-59-132-120-76-105(121(133-60-38-36-34-32-30-28-26-24-22-12-2)75-104(120)49-47-93-39-43-95(84-122)44-40-93)50-48-94-41-45-96(46-42-94)85-123-86-97-61-114(134-91-102-71-116(136-87-98-63-106(124-51-13-3)77-107(64-98)125-52-14-4)82-117(72-102)137-88-99-65-108(126-53-15-5)78-109(66-99)127-54-16-6)81-115(62-97)135-92-103-73-118(138-89-100-67-110(128-55-17-7)79-111(68-100)129-56-18-8)83-119(74-103)139-90-101-69-112(130-57-19-9)80-113(70-101)131-58-20-10/h39-50,61-83,122H,11-38,51-60,84-92H2,1-10H3/b49-47+,50-48+. The molecule has 10 rings (SSSR count). The van der Waals surface area contributed by atoms with E-state index in [1.165, 1.54) is 103 Å². The van der Waals surface area contributed by atoms with Gasteiger partial charge in [-0.25, -0.2) is 0 Å². The third kappa shape index (κ3) is 42.6. The molecule has 0 saturated carbocycles. The fourth-order valence-electron chi connectivity index (χ4n) is 15.7. The second-order valence-corrected chi connectivity index (χ2v) is 36.0. The molecule has 18 heteroatoms. The summed E-state index contributed by atoms with van der Waals surface area (Å²) in [6, 6.07) is 62.3. The summed E-state index contributed by atoms with van der Waals surface area (Å²) in [5, 5.41) is 9.84. The summed E-state index contributed by atoms with van der Waals surface area (Å²) in [4.78, 5) is 0. The molecule has 0 bridgehead atoms. The van der Waals surface area contributed by atoms with Crippen LogP contribution in [-0.2, 0) is 64.2 Å². The van der Waals surface area contributed by atoms with Crippen LogP contribution in [0.2, 0.25) is 0 Å². The van der Waals surface area contributed by atoms with Crippen molar-refractivity contribution in [2.45, 2.75) is 308 Å². The molecule has 10 aromatic rings. The van der Waals surface area contributed by atoms with Gasteiger partial charge in [0.25, 0.3) is 0 Å². The Morgan fingerprint density at radius 3 is 0.597 bits per heavy atom. The fourth-order valence-corrected chi connectivity index (χ4v) is 15.7. The van der Waals surface area contributed by atoms with Crippen LogP contribution in [0.4, 0.5) is 0 Å². The Hall–Kier alpha value is -11.6. The molecule has 0 heterocycles. The lowest BCUT2D eigenvalue weighted by molar-refractivity contribution is 0.106. The van der Waals surface area contributed by atoms with Crippen molar-refractivity contribution in [1.82, 2.24) is 0 Å². The van der Waals surface area contributed by atoms with Gasteiger partial charge in [0.2, 0.25) is 0 Å². The molecule has 752 valence electrons. The number of aliphatic hydroxyl groups is 1. The highest BCUT2D eigenvalue weighted by atomic mass is 16.5. The molecule has 1 N–H and O–H groups in total. The minimum atomic E-state index is -0.000164. The molecule has 0 spiro atoms. The van der Waals surface area contributed by atoms with Gasteiger partial charge in [0, 0.05) is 53.6 Å². The molecule has 0 unspecified atom stereocenters. The molecule has 0 aliphatic rings. The molecular formula is C121H160O18. The highest BCUT2D eigenvalue weighted by Gasteiger charge is 2.18. The SMILES string of the molecule is CCCCCCCCCCCCOc1cc(/C=C/c2ccc(COCc3cc(OCc4cc(OCc5cc(OCCC)cc(OCCC)c5)cc(OCc5cc(OCCC)cc(OCCC)c5)c4)cc(OCc4cc(OCc5cc(OCCC)cc(OCCC)c5)cc(OCc5cc(OCCC)cc(OCCC)c5)c4)c3)cc2)c(OCCCCCCCCCCCC)cc1/C=C/c1ccc(CO)cc1. The van der Waals surface area contributed by atoms with Crippen molar-refractivity contribution in [2.75, 3.05) is 66.1 Å².